The van der Waals surface area contributed by atoms with Crippen LogP contribution in [0.2, 0.25) is 10.0 Å². The number of nitrogens with one attached hydrogen (secondary N) is 2. The van der Waals surface area contributed by atoms with Crippen molar-refractivity contribution in [3.8, 4) is 0 Å². The van der Waals surface area contributed by atoms with Crippen LogP contribution in [0, 0.1) is 0 Å². The summed E-state index contributed by atoms with van der Waals surface area (Å²) >= 11 is 17.1. The fraction of sp³-hybridized carbons (Fsp3) is 0. The van der Waals surface area contributed by atoms with Gasteiger partial charge in [-0.3, -0.25) is 4.79 Å². The molecule has 4 N–H and O–H groups in total. The number of carbonyl (C=O) groups is 1. The molecule has 0 atom stereocenters. The van der Waals surface area contributed by atoms with Crippen molar-refractivity contribution < 1.29 is 4.79 Å². The second kappa shape index (κ2) is 6.76. The number of amides is 1. The van der Waals surface area contributed by atoms with Gasteiger partial charge in [-0.15, -0.1) is 0 Å². The Labute approximate surface area is 137 Å². The molecule has 0 aliphatic heterocycles. The zero-order valence-corrected chi connectivity index (χ0v) is 13.0. The lowest BCUT2D eigenvalue weighted by Crippen LogP contribution is -2.22. The van der Waals surface area contributed by atoms with Crippen molar-refractivity contribution in [1.29, 1.82) is 0 Å². The lowest BCUT2D eigenvalue weighted by atomic mass is 10.1. The van der Waals surface area contributed by atoms with E-state index in [4.69, 9.17) is 41.2 Å². The summed E-state index contributed by atoms with van der Waals surface area (Å²) in [6, 6.07) is 11.8. The molecule has 0 unspecified atom stereocenters. The second-order valence-electron chi connectivity index (χ2n) is 4.11. The third-order valence-electron chi connectivity index (χ3n) is 2.62. The fourth-order valence-corrected chi connectivity index (χ4v) is 2.23. The van der Waals surface area contributed by atoms with Crippen LogP contribution in [0.25, 0.3) is 0 Å². The Morgan fingerprint density at radius 3 is 2.43 bits per heavy atom. The Morgan fingerprint density at radius 2 is 1.71 bits per heavy atom. The van der Waals surface area contributed by atoms with Crippen molar-refractivity contribution in [2.45, 2.75) is 0 Å². The maximum atomic E-state index is 11.3. The maximum Gasteiger partial charge on any atom is 0.250 e. The molecule has 1 amide bonds. The summed E-state index contributed by atoms with van der Waals surface area (Å²) in [5, 5.41) is 7.10. The Kier molecular flexibility index (Phi) is 5.01. The first-order chi connectivity index (χ1) is 9.97. The lowest BCUT2D eigenvalue weighted by Gasteiger charge is -2.13. The predicted octanol–water partition coefficient (Wildman–Crippen LogP) is 3.90. The molecular weight excluding hydrogens is 329 g/mol. The molecule has 108 valence electrons. The first kappa shape index (κ1) is 15.6. The number of anilines is 2. The van der Waals surface area contributed by atoms with Gasteiger partial charge in [0.1, 0.15) is 0 Å². The van der Waals surface area contributed by atoms with E-state index in [0.29, 0.717) is 27.0 Å². The molecule has 0 aliphatic carbocycles. The van der Waals surface area contributed by atoms with Gasteiger partial charge in [0, 0.05) is 5.02 Å². The minimum absolute atomic E-state index is 0.271. The maximum absolute atomic E-state index is 11.3. The largest absolute Gasteiger partial charge is 0.366 e. The topological polar surface area (TPSA) is 67.2 Å². The van der Waals surface area contributed by atoms with Crippen molar-refractivity contribution in [3.05, 3.63) is 58.1 Å². The molecular formula is C14H11Cl2N3OS. The number of halogens is 2. The van der Waals surface area contributed by atoms with Crippen LogP contribution in [0.15, 0.2) is 42.5 Å². The highest BCUT2D eigenvalue weighted by Gasteiger charge is 2.09. The van der Waals surface area contributed by atoms with E-state index in [2.05, 4.69) is 10.6 Å². The average molecular weight is 340 g/mol. The van der Waals surface area contributed by atoms with Crippen LogP contribution in [0.4, 0.5) is 11.4 Å². The second-order valence-corrected chi connectivity index (χ2v) is 5.37. The van der Waals surface area contributed by atoms with Crippen molar-refractivity contribution in [3.63, 3.8) is 0 Å². The van der Waals surface area contributed by atoms with Crippen LogP contribution in [0.3, 0.4) is 0 Å². The molecule has 4 nitrogen and oxygen atoms in total. The van der Waals surface area contributed by atoms with Gasteiger partial charge in [-0.2, -0.15) is 0 Å². The first-order valence-electron chi connectivity index (χ1n) is 5.89. The van der Waals surface area contributed by atoms with Crippen LogP contribution in [0.5, 0.6) is 0 Å². The molecule has 2 aromatic carbocycles. The zero-order valence-electron chi connectivity index (χ0n) is 10.7. The van der Waals surface area contributed by atoms with E-state index in [1.807, 2.05) is 0 Å². The Balaban J connectivity index is 2.16. The van der Waals surface area contributed by atoms with Crippen molar-refractivity contribution in [1.82, 2.24) is 0 Å². The summed E-state index contributed by atoms with van der Waals surface area (Å²) in [6.07, 6.45) is 0. The standard InChI is InChI=1S/C14H11Cl2N3OS/c15-8-5-6-10(16)12(7-8)19-14(21)18-11-4-2-1-3-9(11)13(17)20/h1-7H,(H2,17,20)(H2,18,19,21). The van der Waals surface area contributed by atoms with Gasteiger partial charge in [-0.1, -0.05) is 35.3 Å². The van der Waals surface area contributed by atoms with Crippen molar-refractivity contribution in [2.24, 2.45) is 5.73 Å². The van der Waals surface area contributed by atoms with Gasteiger partial charge in [-0.05, 0) is 42.5 Å². The molecule has 0 saturated carbocycles. The summed E-state index contributed by atoms with van der Waals surface area (Å²) in [4.78, 5) is 11.3. The van der Waals surface area contributed by atoms with Gasteiger partial charge >= 0.3 is 0 Å². The number of nitrogens with two attached hydrogens (primary N) is 1. The van der Waals surface area contributed by atoms with Crippen LogP contribution in [-0.2, 0) is 0 Å². The van der Waals surface area contributed by atoms with Gasteiger partial charge in [0.2, 0.25) is 0 Å². The highest BCUT2D eigenvalue weighted by molar-refractivity contribution is 7.80. The SMILES string of the molecule is NC(=O)c1ccccc1NC(=S)Nc1cc(Cl)ccc1Cl. The first-order valence-corrected chi connectivity index (χ1v) is 7.05. The van der Waals surface area contributed by atoms with Crippen molar-refractivity contribution in [2.75, 3.05) is 10.6 Å². The number of thiocarbonyl (C=S) groups is 1. The molecule has 0 radical (unpaired) electrons. The molecule has 0 bridgehead atoms. The molecule has 0 heterocycles. The monoisotopic (exact) mass is 339 g/mol. The number of para-hydroxylation sites is 1. The number of primary amides is 1. The van der Waals surface area contributed by atoms with Crippen LogP contribution >= 0.6 is 35.4 Å². The fourth-order valence-electron chi connectivity index (χ4n) is 1.68. The molecule has 21 heavy (non-hydrogen) atoms. The van der Waals surface area contributed by atoms with Gasteiger partial charge in [-0.25, -0.2) is 0 Å². The summed E-state index contributed by atoms with van der Waals surface area (Å²) < 4.78 is 0. The number of hydrogen-bond donors (Lipinski definition) is 3. The smallest absolute Gasteiger partial charge is 0.250 e. The molecule has 2 aromatic rings. The van der Waals surface area contributed by atoms with Crippen molar-refractivity contribution >= 4 is 57.8 Å². The number of hydrogen-bond acceptors (Lipinski definition) is 2. The van der Waals surface area contributed by atoms with E-state index in [1.54, 1.807) is 42.5 Å². The molecule has 2 rings (SSSR count). The highest BCUT2D eigenvalue weighted by atomic mass is 35.5. The molecule has 0 aromatic heterocycles. The molecule has 0 fully saturated rings. The zero-order chi connectivity index (χ0) is 15.4. The Morgan fingerprint density at radius 1 is 1.05 bits per heavy atom. The summed E-state index contributed by atoms with van der Waals surface area (Å²) in [5.74, 6) is -0.540. The van der Waals surface area contributed by atoms with E-state index in [9.17, 15) is 4.79 Å². The number of carbonyl (C=O) groups excluding carboxylic acids is 1. The van der Waals surface area contributed by atoms with E-state index >= 15 is 0 Å². The highest BCUT2D eigenvalue weighted by Crippen LogP contribution is 2.25. The molecule has 7 heteroatoms. The molecule has 0 aliphatic rings. The van der Waals surface area contributed by atoms with Gasteiger partial charge in [0.15, 0.2) is 5.11 Å². The van der Waals surface area contributed by atoms with Gasteiger partial charge in [0.05, 0.1) is 22.0 Å². The van der Waals surface area contributed by atoms with Crippen LogP contribution in [0.1, 0.15) is 10.4 Å². The third kappa shape index (κ3) is 4.07. The Hall–Kier alpha value is -1.82. The Bertz CT molecular complexity index is 706. The van der Waals surface area contributed by atoms with E-state index < -0.39 is 5.91 Å². The minimum Gasteiger partial charge on any atom is -0.366 e. The van der Waals surface area contributed by atoms with Gasteiger partial charge in [0.25, 0.3) is 5.91 Å². The molecule has 0 saturated heterocycles. The predicted molar refractivity (Wildman–Crippen MR) is 91.3 cm³/mol. The average Bonchev–Trinajstić information content (AvgIpc) is 2.43. The number of benzene rings is 2. The van der Waals surface area contributed by atoms with E-state index in [-0.39, 0.29) is 5.11 Å². The van der Waals surface area contributed by atoms with E-state index in [0.717, 1.165) is 0 Å². The van der Waals surface area contributed by atoms with Crippen LogP contribution in [-0.4, -0.2) is 11.0 Å². The lowest BCUT2D eigenvalue weighted by molar-refractivity contribution is 0.100. The number of rotatable bonds is 3. The minimum atomic E-state index is -0.540. The summed E-state index contributed by atoms with van der Waals surface area (Å²) in [5.41, 5.74) is 6.73. The quantitative estimate of drug-likeness (QED) is 0.742. The summed E-state index contributed by atoms with van der Waals surface area (Å²) in [7, 11) is 0. The normalized spacial score (nSPS) is 10.0. The van der Waals surface area contributed by atoms with Gasteiger partial charge < -0.3 is 16.4 Å². The van der Waals surface area contributed by atoms with E-state index in [1.165, 1.54) is 0 Å². The summed E-state index contributed by atoms with van der Waals surface area (Å²) in [6.45, 7) is 0. The molecule has 0 spiro atoms. The van der Waals surface area contributed by atoms with Crippen LogP contribution < -0.4 is 16.4 Å². The third-order valence-corrected chi connectivity index (χ3v) is 3.39.